The summed E-state index contributed by atoms with van der Waals surface area (Å²) in [6, 6.07) is 0. The van der Waals surface area contributed by atoms with Gasteiger partial charge in [0.25, 0.3) is 0 Å². The molecule has 0 N–H and O–H groups in total. The van der Waals surface area contributed by atoms with Crippen molar-refractivity contribution in [1.82, 2.24) is 19.6 Å². The lowest BCUT2D eigenvalue weighted by atomic mass is 10.3. The molecule has 0 aromatic carbocycles. The third-order valence-corrected chi connectivity index (χ3v) is 3.51. The van der Waals surface area contributed by atoms with Crippen LogP contribution in [0.1, 0.15) is 5.69 Å². The average Bonchev–Trinajstić information content (AvgIpc) is 2.71. The van der Waals surface area contributed by atoms with Gasteiger partial charge in [-0.15, -0.1) is 0 Å². The van der Waals surface area contributed by atoms with Crippen molar-refractivity contribution >= 4 is 17.5 Å². The van der Waals surface area contributed by atoms with Crippen LogP contribution in [0, 0.1) is 0 Å². The number of nitrogens with zero attached hydrogens (tertiary/aromatic N) is 4. The van der Waals surface area contributed by atoms with Crippen LogP contribution in [0.25, 0.3) is 0 Å². The lowest BCUT2D eigenvalue weighted by molar-refractivity contribution is -0.136. The summed E-state index contributed by atoms with van der Waals surface area (Å²) in [6.07, 6.45) is 1.62. The SMILES string of the molecule is CN(CC(=O)N1CCOCC1)Cc1c(Cl)cnn1C. The molecule has 6 nitrogen and oxygen atoms in total. The highest BCUT2D eigenvalue weighted by Gasteiger charge is 2.19. The molecular weight excluding hydrogens is 268 g/mol. The zero-order valence-corrected chi connectivity index (χ0v) is 12.1. The van der Waals surface area contributed by atoms with Gasteiger partial charge in [0.1, 0.15) is 0 Å². The first-order chi connectivity index (χ1) is 9.08. The van der Waals surface area contributed by atoms with E-state index < -0.39 is 0 Å². The molecule has 1 aromatic rings. The second kappa shape index (κ2) is 6.36. The number of aromatic nitrogens is 2. The fourth-order valence-corrected chi connectivity index (χ4v) is 2.29. The maximum atomic E-state index is 12.1. The standard InChI is InChI=1S/C12H19ClN4O2/c1-15(8-11-10(13)7-14-16(11)2)9-12(18)17-3-5-19-6-4-17/h7H,3-6,8-9H2,1-2H3. The second-order valence-corrected chi connectivity index (χ2v) is 5.14. The third kappa shape index (κ3) is 3.68. The van der Waals surface area contributed by atoms with Crippen molar-refractivity contribution in [2.45, 2.75) is 6.54 Å². The fraction of sp³-hybridized carbons (Fsp3) is 0.667. The molecule has 2 heterocycles. The van der Waals surface area contributed by atoms with Crippen LogP contribution in [0.15, 0.2) is 6.20 Å². The molecular formula is C12H19ClN4O2. The van der Waals surface area contributed by atoms with Crippen molar-refractivity contribution in [2.75, 3.05) is 39.9 Å². The lowest BCUT2D eigenvalue weighted by Gasteiger charge is -2.28. The highest BCUT2D eigenvalue weighted by atomic mass is 35.5. The molecule has 1 aliphatic heterocycles. The number of carbonyl (C=O) groups excluding carboxylic acids is 1. The van der Waals surface area contributed by atoms with E-state index in [1.54, 1.807) is 10.9 Å². The van der Waals surface area contributed by atoms with E-state index in [0.717, 1.165) is 5.69 Å². The van der Waals surface area contributed by atoms with Gasteiger partial charge in [0.05, 0.1) is 36.7 Å². The molecule has 1 amide bonds. The number of aryl methyl sites for hydroxylation is 1. The minimum atomic E-state index is 0.129. The molecule has 19 heavy (non-hydrogen) atoms. The van der Waals surface area contributed by atoms with Crippen LogP contribution in [-0.2, 0) is 23.1 Å². The molecule has 0 spiro atoms. The Kier molecular flexibility index (Phi) is 4.79. The van der Waals surface area contributed by atoms with Gasteiger partial charge in [0.2, 0.25) is 5.91 Å². The Labute approximate surface area is 117 Å². The van der Waals surface area contributed by atoms with Crippen molar-refractivity contribution < 1.29 is 9.53 Å². The van der Waals surface area contributed by atoms with E-state index >= 15 is 0 Å². The van der Waals surface area contributed by atoms with E-state index in [2.05, 4.69) is 5.10 Å². The first-order valence-electron chi connectivity index (χ1n) is 6.28. The monoisotopic (exact) mass is 286 g/mol. The van der Waals surface area contributed by atoms with Crippen LogP contribution in [0.5, 0.6) is 0 Å². The summed E-state index contributed by atoms with van der Waals surface area (Å²) in [5, 5.41) is 4.72. The van der Waals surface area contributed by atoms with Gasteiger partial charge in [-0.25, -0.2) is 0 Å². The number of amides is 1. The minimum Gasteiger partial charge on any atom is -0.378 e. The first kappa shape index (κ1) is 14.3. The molecule has 0 unspecified atom stereocenters. The Morgan fingerprint density at radius 2 is 2.21 bits per heavy atom. The van der Waals surface area contributed by atoms with Gasteiger partial charge in [-0.05, 0) is 7.05 Å². The van der Waals surface area contributed by atoms with Crippen LogP contribution >= 0.6 is 11.6 Å². The number of ether oxygens (including phenoxy) is 1. The molecule has 0 saturated carbocycles. The summed E-state index contributed by atoms with van der Waals surface area (Å²) < 4.78 is 6.97. The van der Waals surface area contributed by atoms with Crippen molar-refractivity contribution in [3.05, 3.63) is 16.9 Å². The minimum absolute atomic E-state index is 0.129. The molecule has 106 valence electrons. The predicted octanol–water partition coefficient (Wildman–Crippen LogP) is 0.364. The summed E-state index contributed by atoms with van der Waals surface area (Å²) in [6.45, 7) is 3.59. The van der Waals surface area contributed by atoms with Gasteiger partial charge < -0.3 is 9.64 Å². The number of halogens is 1. The van der Waals surface area contributed by atoms with E-state index in [4.69, 9.17) is 16.3 Å². The normalized spacial score (nSPS) is 16.1. The molecule has 0 bridgehead atoms. The topological polar surface area (TPSA) is 50.6 Å². The fourth-order valence-electron chi connectivity index (χ4n) is 2.07. The number of morpholine rings is 1. The van der Waals surface area contributed by atoms with Gasteiger partial charge in [-0.1, -0.05) is 11.6 Å². The van der Waals surface area contributed by atoms with Gasteiger partial charge >= 0.3 is 0 Å². The van der Waals surface area contributed by atoms with Crippen molar-refractivity contribution in [1.29, 1.82) is 0 Å². The zero-order chi connectivity index (χ0) is 13.8. The molecule has 0 atom stereocenters. The third-order valence-electron chi connectivity index (χ3n) is 3.20. The maximum absolute atomic E-state index is 12.1. The summed E-state index contributed by atoms with van der Waals surface area (Å²) in [5.41, 5.74) is 0.916. The number of rotatable bonds is 4. The lowest BCUT2D eigenvalue weighted by Crippen LogP contribution is -2.45. The second-order valence-electron chi connectivity index (χ2n) is 4.73. The quantitative estimate of drug-likeness (QED) is 0.802. The molecule has 1 aromatic heterocycles. The van der Waals surface area contributed by atoms with Gasteiger partial charge in [0, 0.05) is 26.7 Å². The molecule has 1 aliphatic rings. The molecule has 0 radical (unpaired) electrons. The Morgan fingerprint density at radius 1 is 1.53 bits per heavy atom. The van der Waals surface area contributed by atoms with Gasteiger partial charge in [-0.3, -0.25) is 14.4 Å². The largest absolute Gasteiger partial charge is 0.378 e. The van der Waals surface area contributed by atoms with Crippen LogP contribution in [0.2, 0.25) is 5.02 Å². The summed E-state index contributed by atoms with van der Waals surface area (Å²) in [4.78, 5) is 15.9. The first-order valence-corrected chi connectivity index (χ1v) is 6.66. The highest BCUT2D eigenvalue weighted by Crippen LogP contribution is 2.15. The van der Waals surface area contributed by atoms with Crippen LogP contribution in [-0.4, -0.2) is 65.4 Å². The summed E-state index contributed by atoms with van der Waals surface area (Å²) >= 11 is 6.05. The van der Waals surface area contributed by atoms with Crippen LogP contribution < -0.4 is 0 Å². The molecule has 7 heteroatoms. The average molecular weight is 287 g/mol. The van der Waals surface area contributed by atoms with Crippen molar-refractivity contribution in [3.8, 4) is 0 Å². The highest BCUT2D eigenvalue weighted by molar-refractivity contribution is 6.31. The summed E-state index contributed by atoms with van der Waals surface area (Å²) in [5.74, 6) is 0.129. The van der Waals surface area contributed by atoms with E-state index in [0.29, 0.717) is 44.4 Å². The van der Waals surface area contributed by atoms with E-state index in [9.17, 15) is 4.79 Å². The Bertz CT molecular complexity index is 423. The molecule has 2 rings (SSSR count). The van der Waals surface area contributed by atoms with Crippen LogP contribution in [0.3, 0.4) is 0 Å². The summed E-state index contributed by atoms with van der Waals surface area (Å²) in [7, 11) is 3.75. The number of likely N-dealkylation sites (N-methyl/N-ethyl adjacent to an activating group) is 1. The Balaban J connectivity index is 1.87. The van der Waals surface area contributed by atoms with Gasteiger partial charge in [-0.2, -0.15) is 5.10 Å². The zero-order valence-electron chi connectivity index (χ0n) is 11.3. The smallest absolute Gasteiger partial charge is 0.236 e. The van der Waals surface area contributed by atoms with Crippen molar-refractivity contribution in [2.24, 2.45) is 7.05 Å². The Morgan fingerprint density at radius 3 is 2.79 bits per heavy atom. The van der Waals surface area contributed by atoms with Crippen LogP contribution in [0.4, 0.5) is 0 Å². The molecule has 1 fully saturated rings. The molecule has 1 saturated heterocycles. The molecule has 0 aliphatic carbocycles. The number of hydrogen-bond acceptors (Lipinski definition) is 4. The van der Waals surface area contributed by atoms with E-state index in [1.165, 1.54) is 0 Å². The van der Waals surface area contributed by atoms with E-state index in [1.807, 2.05) is 23.9 Å². The number of carbonyl (C=O) groups is 1. The Hall–Kier alpha value is -1.11. The van der Waals surface area contributed by atoms with Crippen molar-refractivity contribution in [3.63, 3.8) is 0 Å². The predicted molar refractivity (Wildman–Crippen MR) is 72.0 cm³/mol. The van der Waals surface area contributed by atoms with Gasteiger partial charge in [0.15, 0.2) is 0 Å². The maximum Gasteiger partial charge on any atom is 0.236 e. The van der Waals surface area contributed by atoms with E-state index in [-0.39, 0.29) is 5.91 Å². The number of hydrogen-bond donors (Lipinski definition) is 0.